The van der Waals surface area contributed by atoms with Gasteiger partial charge in [0, 0.05) is 45.8 Å². The number of piperazine rings is 1. The number of hydrogen-bond acceptors (Lipinski definition) is 3. The van der Waals surface area contributed by atoms with Crippen LogP contribution in [0.15, 0.2) is 24.3 Å². The second-order valence-electron chi connectivity index (χ2n) is 5.25. The lowest BCUT2D eigenvalue weighted by molar-refractivity contribution is 0.154. The van der Waals surface area contributed by atoms with Crippen molar-refractivity contribution in [3.05, 3.63) is 35.4 Å². The molecule has 0 aromatic heterocycles. The molecule has 1 N–H and O–H groups in total. The number of nitrogens with zero attached hydrogens (tertiary/aromatic N) is 2. The van der Waals surface area contributed by atoms with Crippen LogP contribution in [0.1, 0.15) is 11.1 Å². The molecule has 0 saturated carbocycles. The molecule has 0 unspecified atom stereocenters. The maximum Gasteiger partial charge on any atom is 0.0208 e. The third kappa shape index (κ3) is 4.09. The van der Waals surface area contributed by atoms with Gasteiger partial charge in [-0.1, -0.05) is 24.3 Å². The quantitative estimate of drug-likeness (QED) is 0.792. The molecule has 3 nitrogen and oxygen atoms in total. The van der Waals surface area contributed by atoms with Crippen molar-refractivity contribution in [2.75, 3.05) is 46.3 Å². The van der Waals surface area contributed by atoms with Gasteiger partial charge in [-0.05, 0) is 25.1 Å². The Kier molecular flexibility index (Phi) is 5.17. The first-order valence-corrected chi connectivity index (χ1v) is 6.92. The number of rotatable bonds is 5. The minimum absolute atomic E-state index is 0.987. The van der Waals surface area contributed by atoms with E-state index in [0.29, 0.717) is 0 Å². The summed E-state index contributed by atoms with van der Waals surface area (Å²) in [7, 11) is 2.20. The average molecular weight is 247 g/mol. The lowest BCUT2D eigenvalue weighted by Gasteiger charge is -2.32. The molecule has 1 aromatic carbocycles. The van der Waals surface area contributed by atoms with E-state index < -0.39 is 0 Å². The van der Waals surface area contributed by atoms with Crippen molar-refractivity contribution in [2.45, 2.75) is 13.5 Å². The van der Waals surface area contributed by atoms with Gasteiger partial charge in [0.2, 0.25) is 0 Å². The Hall–Kier alpha value is -0.900. The zero-order valence-corrected chi connectivity index (χ0v) is 11.7. The van der Waals surface area contributed by atoms with Crippen LogP contribution in [0.4, 0.5) is 0 Å². The van der Waals surface area contributed by atoms with Gasteiger partial charge in [0.15, 0.2) is 0 Å². The molecule has 2 rings (SSSR count). The normalized spacial score (nSPS) is 18.1. The van der Waals surface area contributed by atoms with E-state index in [1.807, 2.05) is 0 Å². The molecule has 1 aliphatic heterocycles. The minimum atomic E-state index is 0.987. The zero-order valence-electron chi connectivity index (χ0n) is 11.7. The van der Waals surface area contributed by atoms with Crippen LogP contribution in [-0.2, 0) is 6.54 Å². The summed E-state index contributed by atoms with van der Waals surface area (Å²) < 4.78 is 0. The van der Waals surface area contributed by atoms with Gasteiger partial charge in [0.25, 0.3) is 0 Å². The van der Waals surface area contributed by atoms with Gasteiger partial charge in [0.05, 0.1) is 0 Å². The third-order valence-electron chi connectivity index (χ3n) is 3.78. The first-order valence-electron chi connectivity index (χ1n) is 6.92. The standard InChI is InChI=1S/C15H25N3/c1-14-5-3-4-6-15(14)13-16-7-8-18-11-9-17(2)10-12-18/h3-6,16H,7-13H2,1-2H3. The number of benzene rings is 1. The minimum Gasteiger partial charge on any atom is -0.311 e. The highest BCUT2D eigenvalue weighted by Crippen LogP contribution is 2.05. The summed E-state index contributed by atoms with van der Waals surface area (Å²) in [5.41, 5.74) is 2.79. The second-order valence-corrected chi connectivity index (χ2v) is 5.25. The van der Waals surface area contributed by atoms with Crippen LogP contribution in [0.3, 0.4) is 0 Å². The molecule has 0 bridgehead atoms. The smallest absolute Gasteiger partial charge is 0.0208 e. The molecule has 0 amide bonds. The van der Waals surface area contributed by atoms with Gasteiger partial charge in [-0.15, -0.1) is 0 Å². The van der Waals surface area contributed by atoms with Crippen molar-refractivity contribution in [1.82, 2.24) is 15.1 Å². The highest BCUT2D eigenvalue weighted by molar-refractivity contribution is 5.25. The summed E-state index contributed by atoms with van der Waals surface area (Å²) in [5.74, 6) is 0. The van der Waals surface area contributed by atoms with Gasteiger partial charge < -0.3 is 10.2 Å². The van der Waals surface area contributed by atoms with E-state index in [1.165, 1.54) is 43.9 Å². The first-order chi connectivity index (χ1) is 8.75. The molecule has 0 radical (unpaired) electrons. The maximum absolute atomic E-state index is 3.55. The van der Waals surface area contributed by atoms with E-state index in [0.717, 1.165) is 13.1 Å². The summed E-state index contributed by atoms with van der Waals surface area (Å²) >= 11 is 0. The monoisotopic (exact) mass is 247 g/mol. The molecule has 18 heavy (non-hydrogen) atoms. The molecule has 1 aliphatic rings. The zero-order chi connectivity index (χ0) is 12.8. The average Bonchev–Trinajstić information content (AvgIpc) is 2.39. The summed E-state index contributed by atoms with van der Waals surface area (Å²) in [4.78, 5) is 4.95. The Morgan fingerprint density at radius 1 is 1.11 bits per heavy atom. The van der Waals surface area contributed by atoms with Crippen molar-refractivity contribution in [3.8, 4) is 0 Å². The molecule has 100 valence electrons. The van der Waals surface area contributed by atoms with Crippen LogP contribution in [-0.4, -0.2) is 56.1 Å². The van der Waals surface area contributed by atoms with Crippen molar-refractivity contribution in [3.63, 3.8) is 0 Å². The van der Waals surface area contributed by atoms with Crippen LogP contribution in [0.2, 0.25) is 0 Å². The largest absolute Gasteiger partial charge is 0.311 e. The van der Waals surface area contributed by atoms with E-state index in [4.69, 9.17) is 0 Å². The SMILES string of the molecule is Cc1ccccc1CNCCN1CCN(C)CC1. The fourth-order valence-electron chi connectivity index (χ4n) is 2.34. The Morgan fingerprint density at radius 2 is 1.83 bits per heavy atom. The molecule has 1 heterocycles. The van der Waals surface area contributed by atoms with E-state index in [1.54, 1.807) is 0 Å². The lowest BCUT2D eigenvalue weighted by Crippen LogP contribution is -2.46. The Balaban J connectivity index is 1.63. The van der Waals surface area contributed by atoms with E-state index in [9.17, 15) is 0 Å². The first kappa shape index (κ1) is 13.5. The lowest BCUT2D eigenvalue weighted by atomic mass is 10.1. The molecule has 0 spiro atoms. The van der Waals surface area contributed by atoms with Crippen molar-refractivity contribution in [2.24, 2.45) is 0 Å². The van der Waals surface area contributed by atoms with Gasteiger partial charge in [-0.2, -0.15) is 0 Å². The van der Waals surface area contributed by atoms with Gasteiger partial charge in [-0.25, -0.2) is 0 Å². The molecule has 3 heteroatoms. The predicted molar refractivity (Wildman–Crippen MR) is 76.8 cm³/mol. The molecule has 0 aliphatic carbocycles. The topological polar surface area (TPSA) is 18.5 Å². The van der Waals surface area contributed by atoms with Crippen LogP contribution in [0, 0.1) is 6.92 Å². The molecule has 1 saturated heterocycles. The molecule has 1 fully saturated rings. The predicted octanol–water partition coefficient (Wildman–Crippen LogP) is 1.33. The third-order valence-corrected chi connectivity index (χ3v) is 3.78. The van der Waals surface area contributed by atoms with E-state index in [-0.39, 0.29) is 0 Å². The highest BCUT2D eigenvalue weighted by atomic mass is 15.2. The van der Waals surface area contributed by atoms with E-state index in [2.05, 4.69) is 53.4 Å². The van der Waals surface area contributed by atoms with Crippen molar-refractivity contribution >= 4 is 0 Å². The maximum atomic E-state index is 3.55. The molecular weight excluding hydrogens is 222 g/mol. The van der Waals surface area contributed by atoms with Crippen LogP contribution >= 0.6 is 0 Å². The number of nitrogens with one attached hydrogen (secondary N) is 1. The molecular formula is C15H25N3. The van der Waals surface area contributed by atoms with Crippen LogP contribution in [0.25, 0.3) is 0 Å². The van der Waals surface area contributed by atoms with E-state index >= 15 is 0 Å². The number of hydrogen-bond donors (Lipinski definition) is 1. The summed E-state index contributed by atoms with van der Waals surface area (Å²) in [6.45, 7) is 10.2. The fourth-order valence-corrected chi connectivity index (χ4v) is 2.34. The number of aryl methyl sites for hydroxylation is 1. The number of likely N-dealkylation sites (N-methyl/N-ethyl adjacent to an activating group) is 1. The van der Waals surface area contributed by atoms with Crippen molar-refractivity contribution < 1.29 is 0 Å². The Morgan fingerprint density at radius 3 is 2.56 bits per heavy atom. The van der Waals surface area contributed by atoms with Crippen LogP contribution in [0.5, 0.6) is 0 Å². The Labute approximate surface area is 111 Å². The summed E-state index contributed by atoms with van der Waals surface area (Å²) in [6, 6.07) is 8.60. The Bertz CT molecular complexity index is 357. The second kappa shape index (κ2) is 6.88. The molecule has 0 atom stereocenters. The van der Waals surface area contributed by atoms with Crippen LogP contribution < -0.4 is 5.32 Å². The summed E-state index contributed by atoms with van der Waals surface area (Å²) in [6.07, 6.45) is 0. The van der Waals surface area contributed by atoms with Gasteiger partial charge in [0.1, 0.15) is 0 Å². The fraction of sp³-hybridized carbons (Fsp3) is 0.600. The van der Waals surface area contributed by atoms with Gasteiger partial charge in [-0.3, -0.25) is 4.90 Å². The summed E-state index contributed by atoms with van der Waals surface area (Å²) in [5, 5.41) is 3.55. The van der Waals surface area contributed by atoms with Crippen molar-refractivity contribution in [1.29, 1.82) is 0 Å². The highest BCUT2D eigenvalue weighted by Gasteiger charge is 2.12. The van der Waals surface area contributed by atoms with Gasteiger partial charge >= 0.3 is 0 Å². The molecule has 1 aromatic rings.